The molecule has 1 saturated carbocycles. The van der Waals surface area contributed by atoms with Crippen LogP contribution in [0.5, 0.6) is 0 Å². The topological polar surface area (TPSA) is 63.2 Å². The van der Waals surface area contributed by atoms with Gasteiger partial charge in [-0.3, -0.25) is 4.79 Å². The number of amides is 1. The molecule has 0 atom stereocenters. The molecule has 1 amide bonds. The summed E-state index contributed by atoms with van der Waals surface area (Å²) in [5.74, 6) is -17.5. The summed E-state index contributed by atoms with van der Waals surface area (Å²) >= 11 is 0. The van der Waals surface area contributed by atoms with Crippen LogP contribution in [0.15, 0.2) is 0 Å². The summed E-state index contributed by atoms with van der Waals surface area (Å²) in [6.07, 6.45) is -5.65. The highest BCUT2D eigenvalue weighted by Gasteiger charge is 2.85. The van der Waals surface area contributed by atoms with Crippen LogP contribution in [0.3, 0.4) is 0 Å². The third kappa shape index (κ3) is 3.67. The van der Waals surface area contributed by atoms with Crippen LogP contribution in [0.25, 0.3) is 0 Å². The summed E-state index contributed by atoms with van der Waals surface area (Å²) in [5.41, 5.74) is 0. The van der Waals surface area contributed by atoms with Gasteiger partial charge in [-0.05, 0) is 12.8 Å². The Kier molecular flexibility index (Phi) is 5.68. The van der Waals surface area contributed by atoms with Gasteiger partial charge in [-0.15, -0.1) is 0 Å². The molecule has 148 valence electrons. The Hall–Kier alpha value is -1.21. The Morgan fingerprint density at radius 2 is 1.24 bits per heavy atom. The van der Waals surface area contributed by atoms with Crippen molar-refractivity contribution in [2.24, 2.45) is 5.92 Å². The van der Waals surface area contributed by atoms with Gasteiger partial charge in [-0.2, -0.15) is 47.9 Å². The third-order valence-electron chi connectivity index (χ3n) is 3.66. The van der Waals surface area contributed by atoms with Gasteiger partial charge in [-0.25, -0.2) is 4.72 Å². The van der Waals surface area contributed by atoms with E-state index >= 15 is 0 Å². The van der Waals surface area contributed by atoms with Crippen LogP contribution in [0.2, 0.25) is 0 Å². The maximum atomic E-state index is 13.4. The minimum absolute atomic E-state index is 0.0298. The molecular formula is C11H12F9NO3S. The smallest absolute Gasteiger partial charge is 0.274 e. The highest BCUT2D eigenvalue weighted by molar-refractivity contribution is 7.91. The molecule has 1 fully saturated rings. The minimum atomic E-state index is -7.36. The van der Waals surface area contributed by atoms with Gasteiger partial charge in [0, 0.05) is 5.92 Å². The lowest BCUT2D eigenvalue weighted by Gasteiger charge is -2.33. The molecular weight excluding hydrogens is 397 g/mol. The summed E-state index contributed by atoms with van der Waals surface area (Å²) in [7, 11) is -6.87. The van der Waals surface area contributed by atoms with Crippen molar-refractivity contribution in [2.45, 2.75) is 55.4 Å². The molecule has 1 aliphatic rings. The van der Waals surface area contributed by atoms with Crippen LogP contribution in [0.1, 0.15) is 32.1 Å². The monoisotopic (exact) mass is 409 g/mol. The summed E-state index contributed by atoms with van der Waals surface area (Å²) in [4.78, 5) is 11.6. The molecule has 0 spiro atoms. The fraction of sp³-hybridized carbons (Fsp3) is 0.909. The first kappa shape index (κ1) is 21.8. The zero-order chi connectivity index (χ0) is 19.9. The minimum Gasteiger partial charge on any atom is -0.274 e. The number of carbonyl (C=O) groups excluding carboxylic acids is 1. The Bertz CT molecular complexity index is 609. The average molecular weight is 409 g/mol. The summed E-state index contributed by atoms with van der Waals surface area (Å²) in [6.45, 7) is 0. The standard InChI is InChI=1S/C11H12F9NO3S/c12-8(13,10(16,17)18)9(14,15)11(19,20)25(23,24)21-7(22)6-4-2-1-3-5-6/h6H,1-5H2,(H,21,22). The van der Waals surface area contributed by atoms with Gasteiger partial charge in [0.15, 0.2) is 0 Å². The predicted molar refractivity (Wildman–Crippen MR) is 64.5 cm³/mol. The van der Waals surface area contributed by atoms with Crippen molar-refractivity contribution in [3.63, 3.8) is 0 Å². The van der Waals surface area contributed by atoms with Crippen LogP contribution < -0.4 is 4.72 Å². The van der Waals surface area contributed by atoms with Gasteiger partial charge in [0.2, 0.25) is 5.91 Å². The molecule has 0 saturated heterocycles. The van der Waals surface area contributed by atoms with E-state index in [1.54, 1.807) is 0 Å². The molecule has 0 aromatic heterocycles. The lowest BCUT2D eigenvalue weighted by molar-refractivity contribution is -0.382. The molecule has 0 aromatic carbocycles. The molecule has 0 radical (unpaired) electrons. The number of rotatable bonds is 5. The second kappa shape index (κ2) is 6.50. The van der Waals surface area contributed by atoms with Crippen molar-refractivity contribution < 1.29 is 52.7 Å². The maximum absolute atomic E-state index is 13.4. The van der Waals surface area contributed by atoms with E-state index in [0.29, 0.717) is 24.0 Å². The summed E-state index contributed by atoms with van der Waals surface area (Å²) in [6, 6.07) is 0. The van der Waals surface area contributed by atoms with E-state index in [-0.39, 0.29) is 12.8 Å². The number of sulfonamides is 1. The Morgan fingerprint density at radius 1 is 0.800 bits per heavy atom. The van der Waals surface area contributed by atoms with E-state index in [1.165, 1.54) is 0 Å². The number of alkyl halides is 9. The highest BCUT2D eigenvalue weighted by Crippen LogP contribution is 2.54. The van der Waals surface area contributed by atoms with Gasteiger partial charge < -0.3 is 0 Å². The van der Waals surface area contributed by atoms with Crippen molar-refractivity contribution in [1.29, 1.82) is 0 Å². The number of carbonyl (C=O) groups is 1. The SMILES string of the molecule is O=C(NS(=O)(=O)C(F)(F)C(F)(F)C(F)(F)C(F)(F)F)C1CCCCC1. The lowest BCUT2D eigenvalue weighted by atomic mass is 9.89. The van der Waals surface area contributed by atoms with Crippen LogP contribution in [-0.4, -0.2) is 37.6 Å². The van der Waals surface area contributed by atoms with Gasteiger partial charge in [0.1, 0.15) is 0 Å². The van der Waals surface area contributed by atoms with Crippen molar-refractivity contribution in [1.82, 2.24) is 4.72 Å². The summed E-state index contributed by atoms with van der Waals surface area (Å²) in [5, 5.41) is -6.90. The van der Waals surface area contributed by atoms with Crippen molar-refractivity contribution >= 4 is 15.9 Å². The molecule has 4 nitrogen and oxygen atoms in total. The molecule has 0 aliphatic heterocycles. The van der Waals surface area contributed by atoms with E-state index in [2.05, 4.69) is 0 Å². The predicted octanol–water partition coefficient (Wildman–Crippen LogP) is 3.44. The van der Waals surface area contributed by atoms with E-state index in [9.17, 15) is 52.7 Å². The normalized spacial score (nSPS) is 18.9. The first-order chi connectivity index (χ1) is 11.0. The zero-order valence-corrected chi connectivity index (χ0v) is 13.0. The zero-order valence-electron chi connectivity index (χ0n) is 12.1. The first-order valence-electron chi connectivity index (χ1n) is 6.75. The van der Waals surface area contributed by atoms with Crippen LogP contribution in [-0.2, 0) is 14.8 Å². The number of hydrogen-bond donors (Lipinski definition) is 1. The lowest BCUT2D eigenvalue weighted by Crippen LogP contribution is -2.65. The fourth-order valence-corrected chi connectivity index (χ4v) is 3.20. The van der Waals surface area contributed by atoms with Gasteiger partial charge in [0.25, 0.3) is 0 Å². The molecule has 14 heteroatoms. The number of hydrogen-bond acceptors (Lipinski definition) is 3. The second-order valence-electron chi connectivity index (χ2n) is 5.47. The molecule has 0 heterocycles. The average Bonchev–Trinajstić information content (AvgIpc) is 2.45. The van der Waals surface area contributed by atoms with Gasteiger partial charge in [0.05, 0.1) is 0 Å². The number of halogens is 9. The van der Waals surface area contributed by atoms with E-state index in [1.807, 2.05) is 0 Å². The highest BCUT2D eigenvalue weighted by atomic mass is 32.2. The van der Waals surface area contributed by atoms with Crippen LogP contribution in [0.4, 0.5) is 39.5 Å². The van der Waals surface area contributed by atoms with Gasteiger partial charge in [-0.1, -0.05) is 19.3 Å². The number of nitrogens with one attached hydrogen (secondary N) is 1. The third-order valence-corrected chi connectivity index (χ3v) is 5.07. The molecule has 25 heavy (non-hydrogen) atoms. The maximum Gasteiger partial charge on any atom is 0.460 e. The van der Waals surface area contributed by atoms with Crippen molar-refractivity contribution in [2.75, 3.05) is 0 Å². The first-order valence-corrected chi connectivity index (χ1v) is 8.23. The molecule has 0 bridgehead atoms. The van der Waals surface area contributed by atoms with Crippen molar-refractivity contribution in [3.05, 3.63) is 0 Å². The Morgan fingerprint density at radius 3 is 1.64 bits per heavy atom. The van der Waals surface area contributed by atoms with E-state index < -0.39 is 45.1 Å². The quantitative estimate of drug-likeness (QED) is 0.708. The van der Waals surface area contributed by atoms with Crippen LogP contribution >= 0.6 is 0 Å². The largest absolute Gasteiger partial charge is 0.460 e. The molecule has 1 rings (SSSR count). The molecule has 1 aliphatic carbocycles. The molecule has 0 aromatic rings. The van der Waals surface area contributed by atoms with Gasteiger partial charge >= 0.3 is 33.3 Å². The molecule has 1 N–H and O–H groups in total. The van der Waals surface area contributed by atoms with E-state index in [0.717, 1.165) is 0 Å². The fourth-order valence-electron chi connectivity index (χ4n) is 2.17. The van der Waals surface area contributed by atoms with Crippen molar-refractivity contribution in [3.8, 4) is 0 Å². The summed E-state index contributed by atoms with van der Waals surface area (Å²) < 4.78 is 137. The van der Waals surface area contributed by atoms with E-state index in [4.69, 9.17) is 0 Å². The Balaban J connectivity index is 3.14. The Labute approximate surface area is 135 Å². The second-order valence-corrected chi connectivity index (χ2v) is 7.19. The molecule has 0 unspecified atom stereocenters. The van der Waals surface area contributed by atoms with Crippen LogP contribution in [0, 0.1) is 5.92 Å².